The second kappa shape index (κ2) is 4.75. The van der Waals surface area contributed by atoms with Crippen molar-refractivity contribution in [2.45, 2.75) is 32.9 Å². The molecule has 0 amide bonds. The third-order valence-corrected chi connectivity index (χ3v) is 3.09. The van der Waals surface area contributed by atoms with E-state index in [1.165, 1.54) is 0 Å². The SMILES string of the molecule is Cc1ccc(-c2cnn(CC(C)(C)O)c2)cc1Cl. The van der Waals surface area contributed by atoms with E-state index in [1.807, 2.05) is 31.3 Å². The first kappa shape index (κ1) is 13.1. The molecule has 2 aromatic rings. The number of aliphatic hydroxyl groups is 1. The predicted octanol–water partition coefficient (Wildman–Crippen LogP) is 3.28. The maximum absolute atomic E-state index is 9.75. The highest BCUT2D eigenvalue weighted by Crippen LogP contribution is 2.25. The molecular formula is C14H17ClN2O. The maximum atomic E-state index is 9.75. The number of rotatable bonds is 3. The van der Waals surface area contributed by atoms with E-state index in [9.17, 15) is 5.11 Å². The standard InChI is InChI=1S/C14H17ClN2O/c1-10-4-5-11(6-13(10)15)12-7-16-17(8-12)9-14(2,3)18/h4-8,18H,9H2,1-3H3. The van der Waals surface area contributed by atoms with Crippen molar-refractivity contribution in [2.75, 3.05) is 0 Å². The molecule has 0 aliphatic carbocycles. The van der Waals surface area contributed by atoms with Crippen LogP contribution in [0.1, 0.15) is 19.4 Å². The monoisotopic (exact) mass is 264 g/mol. The van der Waals surface area contributed by atoms with E-state index in [1.54, 1.807) is 24.7 Å². The molecule has 0 radical (unpaired) electrons. The van der Waals surface area contributed by atoms with Crippen LogP contribution < -0.4 is 0 Å². The van der Waals surface area contributed by atoms with Crippen LogP contribution in [0.4, 0.5) is 0 Å². The number of aryl methyl sites for hydroxylation is 1. The van der Waals surface area contributed by atoms with Gasteiger partial charge in [0.15, 0.2) is 0 Å². The van der Waals surface area contributed by atoms with Crippen molar-refractivity contribution in [3.8, 4) is 11.1 Å². The largest absolute Gasteiger partial charge is 0.389 e. The third-order valence-electron chi connectivity index (χ3n) is 2.69. The van der Waals surface area contributed by atoms with Gasteiger partial charge in [0.05, 0.1) is 18.3 Å². The Balaban J connectivity index is 2.26. The Morgan fingerprint density at radius 3 is 2.67 bits per heavy atom. The lowest BCUT2D eigenvalue weighted by atomic mass is 10.1. The quantitative estimate of drug-likeness (QED) is 0.924. The van der Waals surface area contributed by atoms with Crippen molar-refractivity contribution in [3.05, 3.63) is 41.2 Å². The molecule has 0 aliphatic heterocycles. The fourth-order valence-corrected chi connectivity index (χ4v) is 1.95. The first-order valence-electron chi connectivity index (χ1n) is 5.86. The van der Waals surface area contributed by atoms with Crippen LogP contribution in [0.3, 0.4) is 0 Å². The van der Waals surface area contributed by atoms with E-state index in [4.69, 9.17) is 11.6 Å². The maximum Gasteiger partial charge on any atom is 0.0786 e. The van der Waals surface area contributed by atoms with Gasteiger partial charge in [-0.1, -0.05) is 23.7 Å². The summed E-state index contributed by atoms with van der Waals surface area (Å²) < 4.78 is 1.74. The zero-order valence-electron chi connectivity index (χ0n) is 10.8. The molecule has 1 N–H and O–H groups in total. The lowest BCUT2D eigenvalue weighted by Crippen LogP contribution is -2.26. The molecule has 18 heavy (non-hydrogen) atoms. The van der Waals surface area contributed by atoms with E-state index in [0.29, 0.717) is 6.54 Å². The Labute approximate surface area is 112 Å². The van der Waals surface area contributed by atoms with Gasteiger partial charge in [0, 0.05) is 16.8 Å². The molecule has 0 fully saturated rings. The van der Waals surface area contributed by atoms with Crippen LogP contribution in [0.25, 0.3) is 11.1 Å². The fourth-order valence-electron chi connectivity index (χ4n) is 1.77. The smallest absolute Gasteiger partial charge is 0.0786 e. The van der Waals surface area contributed by atoms with Gasteiger partial charge in [0.25, 0.3) is 0 Å². The van der Waals surface area contributed by atoms with Gasteiger partial charge in [0.1, 0.15) is 0 Å². The zero-order chi connectivity index (χ0) is 13.3. The summed E-state index contributed by atoms with van der Waals surface area (Å²) in [4.78, 5) is 0. The van der Waals surface area contributed by atoms with E-state index < -0.39 is 5.60 Å². The van der Waals surface area contributed by atoms with E-state index in [2.05, 4.69) is 5.10 Å². The minimum Gasteiger partial charge on any atom is -0.389 e. The van der Waals surface area contributed by atoms with Crippen molar-refractivity contribution in [1.82, 2.24) is 9.78 Å². The Hall–Kier alpha value is -1.32. The molecule has 0 saturated carbocycles. The zero-order valence-corrected chi connectivity index (χ0v) is 11.6. The number of hydrogen-bond donors (Lipinski definition) is 1. The number of aromatic nitrogens is 2. The molecule has 2 rings (SSSR count). The summed E-state index contributed by atoms with van der Waals surface area (Å²) in [5.41, 5.74) is 2.33. The first-order valence-corrected chi connectivity index (χ1v) is 6.24. The Bertz CT molecular complexity index is 555. The second-order valence-electron chi connectivity index (χ2n) is 5.20. The lowest BCUT2D eigenvalue weighted by molar-refractivity contribution is 0.0577. The predicted molar refractivity (Wildman–Crippen MR) is 73.7 cm³/mol. The average Bonchev–Trinajstić information content (AvgIpc) is 2.68. The number of halogens is 1. The van der Waals surface area contributed by atoms with Crippen molar-refractivity contribution < 1.29 is 5.11 Å². The van der Waals surface area contributed by atoms with Gasteiger partial charge in [-0.2, -0.15) is 5.10 Å². The summed E-state index contributed by atoms with van der Waals surface area (Å²) in [7, 11) is 0. The molecule has 4 heteroatoms. The molecule has 0 spiro atoms. The normalized spacial score (nSPS) is 11.8. The fraction of sp³-hybridized carbons (Fsp3) is 0.357. The minimum atomic E-state index is -0.770. The van der Waals surface area contributed by atoms with Crippen LogP contribution in [-0.2, 0) is 6.54 Å². The van der Waals surface area contributed by atoms with Gasteiger partial charge >= 0.3 is 0 Å². The molecular weight excluding hydrogens is 248 g/mol. The van der Waals surface area contributed by atoms with Crippen LogP contribution in [0.5, 0.6) is 0 Å². The topological polar surface area (TPSA) is 38.0 Å². The van der Waals surface area contributed by atoms with Crippen molar-refractivity contribution in [1.29, 1.82) is 0 Å². The molecule has 0 saturated heterocycles. The van der Waals surface area contributed by atoms with Crippen LogP contribution in [0.2, 0.25) is 5.02 Å². The Morgan fingerprint density at radius 2 is 2.06 bits per heavy atom. The average molecular weight is 265 g/mol. The molecule has 0 bridgehead atoms. The number of hydrogen-bond acceptors (Lipinski definition) is 2. The highest BCUT2D eigenvalue weighted by Gasteiger charge is 2.14. The summed E-state index contributed by atoms with van der Waals surface area (Å²) in [6.07, 6.45) is 3.70. The summed E-state index contributed by atoms with van der Waals surface area (Å²) in [6.45, 7) is 5.96. The van der Waals surface area contributed by atoms with Crippen molar-refractivity contribution in [3.63, 3.8) is 0 Å². The molecule has 0 unspecified atom stereocenters. The van der Waals surface area contributed by atoms with Crippen LogP contribution >= 0.6 is 11.6 Å². The second-order valence-corrected chi connectivity index (χ2v) is 5.61. The van der Waals surface area contributed by atoms with E-state index in [0.717, 1.165) is 21.7 Å². The Kier molecular flexibility index (Phi) is 3.46. The summed E-state index contributed by atoms with van der Waals surface area (Å²) >= 11 is 6.11. The lowest BCUT2D eigenvalue weighted by Gasteiger charge is -2.16. The van der Waals surface area contributed by atoms with Crippen molar-refractivity contribution in [2.24, 2.45) is 0 Å². The summed E-state index contributed by atoms with van der Waals surface area (Å²) in [6, 6.07) is 5.94. The summed E-state index contributed by atoms with van der Waals surface area (Å²) in [5.74, 6) is 0. The van der Waals surface area contributed by atoms with Crippen LogP contribution in [-0.4, -0.2) is 20.5 Å². The van der Waals surface area contributed by atoms with Gasteiger partial charge < -0.3 is 5.11 Å². The first-order chi connectivity index (χ1) is 8.35. The van der Waals surface area contributed by atoms with Gasteiger partial charge in [-0.3, -0.25) is 4.68 Å². The molecule has 3 nitrogen and oxygen atoms in total. The highest BCUT2D eigenvalue weighted by molar-refractivity contribution is 6.31. The van der Waals surface area contributed by atoms with Gasteiger partial charge in [-0.05, 0) is 38.0 Å². The highest BCUT2D eigenvalue weighted by atomic mass is 35.5. The number of benzene rings is 1. The van der Waals surface area contributed by atoms with Crippen LogP contribution in [0.15, 0.2) is 30.6 Å². The molecule has 0 atom stereocenters. The van der Waals surface area contributed by atoms with Gasteiger partial charge in [0.2, 0.25) is 0 Å². The molecule has 1 aromatic carbocycles. The van der Waals surface area contributed by atoms with Crippen LogP contribution in [0, 0.1) is 6.92 Å². The molecule has 1 heterocycles. The van der Waals surface area contributed by atoms with Crippen molar-refractivity contribution >= 4 is 11.6 Å². The van der Waals surface area contributed by atoms with E-state index in [-0.39, 0.29) is 0 Å². The van der Waals surface area contributed by atoms with Gasteiger partial charge in [-0.15, -0.1) is 0 Å². The number of nitrogens with zero attached hydrogens (tertiary/aromatic N) is 2. The minimum absolute atomic E-state index is 0.465. The molecule has 1 aromatic heterocycles. The third kappa shape index (κ3) is 3.12. The molecule has 96 valence electrons. The van der Waals surface area contributed by atoms with Gasteiger partial charge in [-0.25, -0.2) is 0 Å². The summed E-state index contributed by atoms with van der Waals surface area (Å²) in [5, 5.41) is 14.7. The molecule has 0 aliphatic rings. The van der Waals surface area contributed by atoms with E-state index >= 15 is 0 Å². The Morgan fingerprint density at radius 1 is 1.33 bits per heavy atom.